The van der Waals surface area contributed by atoms with Crippen LogP contribution >= 0.6 is 0 Å². The Labute approximate surface area is 123 Å². The third-order valence-corrected chi connectivity index (χ3v) is 4.68. The average Bonchev–Trinajstić information content (AvgIpc) is 3.01. The minimum atomic E-state index is -0.560. The van der Waals surface area contributed by atoms with E-state index in [1.165, 1.54) is 25.0 Å². The van der Waals surface area contributed by atoms with Gasteiger partial charge < -0.3 is 10.2 Å². The van der Waals surface area contributed by atoms with Gasteiger partial charge in [-0.15, -0.1) is 0 Å². The lowest BCUT2D eigenvalue weighted by Crippen LogP contribution is -2.41. The number of piperidine rings is 1. The molecule has 2 aliphatic rings. The molecule has 2 fully saturated rings. The molecule has 2 aliphatic heterocycles. The molecular formula is C15H20FN3O2. The summed E-state index contributed by atoms with van der Waals surface area (Å²) in [6.45, 7) is 2.71. The van der Waals surface area contributed by atoms with Crippen molar-refractivity contribution in [3.8, 4) is 0 Å². The van der Waals surface area contributed by atoms with Gasteiger partial charge in [0, 0.05) is 19.1 Å². The molecule has 0 spiro atoms. The van der Waals surface area contributed by atoms with E-state index in [-0.39, 0.29) is 5.69 Å². The summed E-state index contributed by atoms with van der Waals surface area (Å²) in [5, 5.41) is 14.6. The second kappa shape index (κ2) is 5.97. The van der Waals surface area contributed by atoms with Crippen LogP contribution in [0.2, 0.25) is 0 Å². The Morgan fingerprint density at radius 1 is 1.29 bits per heavy atom. The molecule has 0 saturated carbocycles. The zero-order valence-corrected chi connectivity index (χ0v) is 11.9. The average molecular weight is 293 g/mol. The summed E-state index contributed by atoms with van der Waals surface area (Å²) >= 11 is 0. The lowest BCUT2D eigenvalue weighted by molar-refractivity contribution is -0.384. The molecule has 2 heterocycles. The normalized spacial score (nSPS) is 23.5. The van der Waals surface area contributed by atoms with Crippen LogP contribution in [0.4, 0.5) is 15.8 Å². The van der Waals surface area contributed by atoms with Crippen LogP contribution in [-0.4, -0.2) is 30.6 Å². The van der Waals surface area contributed by atoms with Crippen LogP contribution in [0.1, 0.15) is 25.7 Å². The van der Waals surface area contributed by atoms with Crippen LogP contribution < -0.4 is 10.2 Å². The highest BCUT2D eigenvalue weighted by molar-refractivity contribution is 5.63. The molecule has 1 aromatic carbocycles. The Morgan fingerprint density at radius 3 is 2.67 bits per heavy atom. The second-order valence-corrected chi connectivity index (χ2v) is 5.92. The largest absolute Gasteiger partial charge is 0.366 e. The van der Waals surface area contributed by atoms with E-state index < -0.39 is 10.7 Å². The van der Waals surface area contributed by atoms with E-state index >= 15 is 0 Å². The maximum absolute atomic E-state index is 13.2. The van der Waals surface area contributed by atoms with Crippen molar-refractivity contribution in [3.05, 3.63) is 34.1 Å². The number of hydrogen-bond donors (Lipinski definition) is 1. The Balaban J connectivity index is 1.70. The van der Waals surface area contributed by atoms with Crippen molar-refractivity contribution >= 4 is 11.4 Å². The lowest BCUT2D eigenvalue weighted by atomic mass is 9.88. The van der Waals surface area contributed by atoms with Crippen LogP contribution in [0, 0.1) is 21.8 Å². The number of nitrogens with one attached hydrogen (secondary N) is 1. The van der Waals surface area contributed by atoms with Gasteiger partial charge in [-0.25, -0.2) is 4.39 Å². The summed E-state index contributed by atoms with van der Waals surface area (Å²) < 4.78 is 13.2. The Hall–Kier alpha value is -1.69. The van der Waals surface area contributed by atoms with Crippen LogP contribution in [0.25, 0.3) is 0 Å². The number of hydrogen-bond acceptors (Lipinski definition) is 4. The van der Waals surface area contributed by atoms with Crippen LogP contribution in [0.5, 0.6) is 0 Å². The van der Waals surface area contributed by atoms with Crippen molar-refractivity contribution in [1.29, 1.82) is 0 Å². The third-order valence-electron chi connectivity index (χ3n) is 4.68. The molecule has 0 aromatic heterocycles. The fourth-order valence-electron chi connectivity index (χ4n) is 3.57. The van der Waals surface area contributed by atoms with Gasteiger partial charge in [-0.2, -0.15) is 0 Å². The molecule has 1 unspecified atom stereocenters. The van der Waals surface area contributed by atoms with Crippen LogP contribution in [-0.2, 0) is 0 Å². The van der Waals surface area contributed by atoms with Gasteiger partial charge in [-0.3, -0.25) is 10.1 Å². The molecule has 21 heavy (non-hydrogen) atoms. The molecule has 2 saturated heterocycles. The Morgan fingerprint density at radius 2 is 2.05 bits per heavy atom. The van der Waals surface area contributed by atoms with Gasteiger partial charge in [0.05, 0.1) is 11.0 Å². The van der Waals surface area contributed by atoms with Gasteiger partial charge in [0.25, 0.3) is 5.69 Å². The number of nitrogens with zero attached hydrogens (tertiary/aromatic N) is 2. The van der Waals surface area contributed by atoms with E-state index in [2.05, 4.69) is 5.32 Å². The molecule has 1 N–H and O–H groups in total. The first-order valence-corrected chi connectivity index (χ1v) is 7.57. The van der Waals surface area contributed by atoms with Crippen molar-refractivity contribution in [1.82, 2.24) is 5.32 Å². The number of nitro groups is 1. The van der Waals surface area contributed by atoms with E-state index in [1.807, 2.05) is 4.90 Å². The molecule has 0 bridgehead atoms. The lowest BCUT2D eigenvalue weighted by Gasteiger charge is -2.35. The van der Waals surface area contributed by atoms with E-state index in [0.29, 0.717) is 17.6 Å². The highest BCUT2D eigenvalue weighted by Crippen LogP contribution is 2.33. The minimum Gasteiger partial charge on any atom is -0.366 e. The quantitative estimate of drug-likeness (QED) is 0.687. The third kappa shape index (κ3) is 3.00. The smallest absolute Gasteiger partial charge is 0.295 e. The molecule has 114 valence electrons. The number of anilines is 1. The number of rotatable bonds is 3. The van der Waals surface area contributed by atoms with Crippen molar-refractivity contribution in [2.24, 2.45) is 5.92 Å². The number of nitro benzene ring substituents is 1. The predicted molar refractivity (Wildman–Crippen MR) is 79.0 cm³/mol. The first-order chi connectivity index (χ1) is 10.1. The Bertz CT molecular complexity index is 524. The molecular weight excluding hydrogens is 273 g/mol. The minimum absolute atomic E-state index is 0.132. The zero-order valence-electron chi connectivity index (χ0n) is 11.9. The molecule has 6 heteroatoms. The van der Waals surface area contributed by atoms with Gasteiger partial charge in [-0.1, -0.05) is 0 Å². The summed E-state index contributed by atoms with van der Waals surface area (Å²) in [6, 6.07) is 4.45. The SMILES string of the molecule is O=[N+]([O-])c1cc(F)ccc1N1CCC(C2CCCN2)CC1. The van der Waals surface area contributed by atoms with Crippen molar-refractivity contribution in [2.45, 2.75) is 31.7 Å². The fourth-order valence-corrected chi connectivity index (χ4v) is 3.57. The fraction of sp³-hybridized carbons (Fsp3) is 0.600. The zero-order chi connectivity index (χ0) is 14.8. The summed E-state index contributed by atoms with van der Waals surface area (Å²) in [4.78, 5) is 12.6. The van der Waals surface area contributed by atoms with Gasteiger partial charge in [-0.05, 0) is 50.3 Å². The molecule has 0 radical (unpaired) electrons. The molecule has 0 amide bonds. The van der Waals surface area contributed by atoms with E-state index in [0.717, 1.165) is 38.5 Å². The van der Waals surface area contributed by atoms with E-state index in [9.17, 15) is 14.5 Å². The van der Waals surface area contributed by atoms with Crippen molar-refractivity contribution in [2.75, 3.05) is 24.5 Å². The highest BCUT2D eigenvalue weighted by Gasteiger charge is 2.30. The van der Waals surface area contributed by atoms with Gasteiger partial charge in [0.1, 0.15) is 11.5 Å². The summed E-state index contributed by atoms with van der Waals surface area (Å²) in [7, 11) is 0. The molecule has 0 aliphatic carbocycles. The summed E-state index contributed by atoms with van der Waals surface area (Å²) in [5.74, 6) is 0.0961. The van der Waals surface area contributed by atoms with E-state index in [4.69, 9.17) is 0 Å². The first kappa shape index (κ1) is 14.3. The highest BCUT2D eigenvalue weighted by atomic mass is 19.1. The van der Waals surface area contributed by atoms with Gasteiger partial charge >= 0.3 is 0 Å². The standard InChI is InChI=1S/C15H20FN3O2/c16-12-3-4-14(15(10-12)19(20)21)18-8-5-11(6-9-18)13-2-1-7-17-13/h3-4,10-11,13,17H,1-2,5-9H2. The van der Waals surface area contributed by atoms with Gasteiger partial charge in [0.15, 0.2) is 0 Å². The first-order valence-electron chi connectivity index (χ1n) is 7.57. The molecule has 5 nitrogen and oxygen atoms in total. The number of halogens is 1. The topological polar surface area (TPSA) is 58.4 Å². The second-order valence-electron chi connectivity index (χ2n) is 5.92. The maximum atomic E-state index is 13.2. The summed E-state index contributed by atoms with van der Waals surface area (Å²) in [6.07, 6.45) is 4.55. The predicted octanol–water partition coefficient (Wildman–Crippen LogP) is 2.70. The van der Waals surface area contributed by atoms with E-state index in [1.54, 1.807) is 0 Å². The number of benzene rings is 1. The molecule has 1 aromatic rings. The van der Waals surface area contributed by atoms with Crippen LogP contribution in [0.3, 0.4) is 0 Å². The molecule has 3 rings (SSSR count). The Kier molecular flexibility index (Phi) is 4.05. The maximum Gasteiger partial charge on any atom is 0.295 e. The van der Waals surface area contributed by atoms with Crippen LogP contribution in [0.15, 0.2) is 18.2 Å². The van der Waals surface area contributed by atoms with Crippen molar-refractivity contribution < 1.29 is 9.31 Å². The summed E-state index contributed by atoms with van der Waals surface area (Å²) in [5.41, 5.74) is 0.409. The van der Waals surface area contributed by atoms with Crippen molar-refractivity contribution in [3.63, 3.8) is 0 Å². The molecule has 1 atom stereocenters. The monoisotopic (exact) mass is 293 g/mol. The van der Waals surface area contributed by atoms with Gasteiger partial charge in [0.2, 0.25) is 0 Å².